The highest BCUT2D eigenvalue weighted by molar-refractivity contribution is 5.21. The molecule has 19 heavy (non-hydrogen) atoms. The molecule has 0 aromatic heterocycles. The van der Waals surface area contributed by atoms with Crippen LogP contribution < -0.4 is 5.32 Å². The monoisotopic (exact) mass is 269 g/mol. The average Bonchev–Trinajstić information content (AvgIpc) is 2.37. The Labute approximate surface area is 112 Å². The SMILES string of the molecule is CCC[C@H]1CCC[C@H]([C@@H](O)c2cc(F)cc(F)c2)N1. The highest BCUT2D eigenvalue weighted by atomic mass is 19.1. The van der Waals surface area contributed by atoms with Crippen molar-refractivity contribution in [3.05, 3.63) is 35.4 Å². The second-order valence-corrected chi connectivity index (χ2v) is 5.34. The van der Waals surface area contributed by atoms with Gasteiger partial charge in [-0.15, -0.1) is 0 Å². The number of aliphatic hydroxyl groups is 1. The number of hydrogen-bond donors (Lipinski definition) is 2. The lowest BCUT2D eigenvalue weighted by molar-refractivity contribution is 0.0992. The molecule has 106 valence electrons. The number of rotatable bonds is 4. The van der Waals surface area contributed by atoms with E-state index in [0.29, 0.717) is 11.6 Å². The number of halogens is 2. The predicted octanol–water partition coefficient (Wildman–Crippen LogP) is 3.31. The van der Waals surface area contributed by atoms with Crippen LogP contribution in [0.3, 0.4) is 0 Å². The van der Waals surface area contributed by atoms with Gasteiger partial charge in [-0.2, -0.15) is 0 Å². The Morgan fingerprint density at radius 2 is 1.95 bits per heavy atom. The first kappa shape index (κ1) is 14.4. The molecule has 1 aromatic carbocycles. The van der Waals surface area contributed by atoms with E-state index in [1.54, 1.807) is 0 Å². The molecule has 1 fully saturated rings. The molecule has 1 aromatic rings. The average molecular weight is 269 g/mol. The molecule has 2 rings (SSSR count). The molecule has 0 aliphatic carbocycles. The van der Waals surface area contributed by atoms with E-state index in [2.05, 4.69) is 12.2 Å². The van der Waals surface area contributed by atoms with Gasteiger partial charge in [-0.1, -0.05) is 19.8 Å². The summed E-state index contributed by atoms with van der Waals surface area (Å²) in [5.74, 6) is -1.29. The van der Waals surface area contributed by atoms with E-state index in [0.717, 1.165) is 38.2 Å². The summed E-state index contributed by atoms with van der Waals surface area (Å²) >= 11 is 0. The Morgan fingerprint density at radius 1 is 1.26 bits per heavy atom. The van der Waals surface area contributed by atoms with Crippen LogP contribution in [-0.2, 0) is 0 Å². The third-order valence-corrected chi connectivity index (χ3v) is 3.76. The van der Waals surface area contributed by atoms with Crippen LogP contribution in [0.5, 0.6) is 0 Å². The van der Waals surface area contributed by atoms with Crippen LogP contribution in [-0.4, -0.2) is 17.2 Å². The molecule has 0 amide bonds. The van der Waals surface area contributed by atoms with E-state index < -0.39 is 17.7 Å². The Bertz CT molecular complexity index is 402. The minimum absolute atomic E-state index is 0.119. The molecule has 2 N–H and O–H groups in total. The molecular weight excluding hydrogens is 248 g/mol. The van der Waals surface area contributed by atoms with Crippen molar-refractivity contribution < 1.29 is 13.9 Å². The van der Waals surface area contributed by atoms with Crippen molar-refractivity contribution in [3.8, 4) is 0 Å². The molecule has 0 unspecified atom stereocenters. The Kier molecular flexibility index (Phi) is 4.88. The Morgan fingerprint density at radius 3 is 2.58 bits per heavy atom. The fourth-order valence-electron chi connectivity index (χ4n) is 2.86. The molecule has 1 aliphatic rings. The zero-order valence-corrected chi connectivity index (χ0v) is 11.2. The molecule has 1 aliphatic heterocycles. The topological polar surface area (TPSA) is 32.3 Å². The zero-order chi connectivity index (χ0) is 13.8. The summed E-state index contributed by atoms with van der Waals surface area (Å²) in [6.45, 7) is 2.13. The minimum atomic E-state index is -0.857. The predicted molar refractivity (Wildman–Crippen MR) is 70.8 cm³/mol. The number of benzene rings is 1. The molecule has 0 spiro atoms. The maximum Gasteiger partial charge on any atom is 0.126 e. The smallest absolute Gasteiger partial charge is 0.126 e. The van der Waals surface area contributed by atoms with Crippen LogP contribution in [0, 0.1) is 11.6 Å². The van der Waals surface area contributed by atoms with Crippen molar-refractivity contribution in [3.63, 3.8) is 0 Å². The molecule has 4 heteroatoms. The standard InChI is InChI=1S/C15H21F2NO/c1-2-4-13-5-3-6-14(18-13)15(19)10-7-11(16)9-12(17)8-10/h7-9,13-15,18-19H,2-6H2,1H3/t13-,14+,15-/m0/s1. The summed E-state index contributed by atoms with van der Waals surface area (Å²) in [5, 5.41) is 13.7. The van der Waals surface area contributed by atoms with Crippen LogP contribution >= 0.6 is 0 Å². The van der Waals surface area contributed by atoms with Crippen molar-refractivity contribution in [2.45, 2.75) is 57.2 Å². The Balaban J connectivity index is 2.07. The lowest BCUT2D eigenvalue weighted by atomic mass is 9.90. The van der Waals surface area contributed by atoms with Gasteiger partial charge in [-0.05, 0) is 37.0 Å². The van der Waals surface area contributed by atoms with Crippen molar-refractivity contribution in [2.75, 3.05) is 0 Å². The normalized spacial score (nSPS) is 25.3. The van der Waals surface area contributed by atoms with E-state index in [1.165, 1.54) is 12.1 Å². The van der Waals surface area contributed by atoms with Crippen LogP contribution in [0.2, 0.25) is 0 Å². The van der Waals surface area contributed by atoms with E-state index in [-0.39, 0.29) is 6.04 Å². The number of hydrogen-bond acceptors (Lipinski definition) is 2. The van der Waals surface area contributed by atoms with Crippen LogP contribution in [0.1, 0.15) is 50.7 Å². The summed E-state index contributed by atoms with van der Waals surface area (Å²) in [5.41, 5.74) is 0.312. The maximum atomic E-state index is 13.2. The maximum absolute atomic E-state index is 13.2. The van der Waals surface area contributed by atoms with Gasteiger partial charge in [-0.25, -0.2) is 8.78 Å². The van der Waals surface area contributed by atoms with Gasteiger partial charge in [0.2, 0.25) is 0 Å². The molecule has 0 bridgehead atoms. The van der Waals surface area contributed by atoms with Gasteiger partial charge in [0.05, 0.1) is 6.10 Å². The van der Waals surface area contributed by atoms with Gasteiger partial charge >= 0.3 is 0 Å². The summed E-state index contributed by atoms with van der Waals surface area (Å²) in [4.78, 5) is 0. The fourth-order valence-corrected chi connectivity index (χ4v) is 2.86. The fraction of sp³-hybridized carbons (Fsp3) is 0.600. The second-order valence-electron chi connectivity index (χ2n) is 5.34. The molecular formula is C15H21F2NO. The van der Waals surface area contributed by atoms with Gasteiger partial charge in [-0.3, -0.25) is 0 Å². The molecule has 0 radical (unpaired) electrons. The summed E-state index contributed by atoms with van der Waals surface area (Å²) < 4.78 is 26.4. The summed E-state index contributed by atoms with van der Waals surface area (Å²) in [7, 11) is 0. The molecule has 2 nitrogen and oxygen atoms in total. The number of aliphatic hydroxyl groups excluding tert-OH is 1. The molecule has 3 atom stereocenters. The van der Waals surface area contributed by atoms with Gasteiger partial charge in [0.25, 0.3) is 0 Å². The van der Waals surface area contributed by atoms with Gasteiger partial charge in [0.15, 0.2) is 0 Å². The van der Waals surface area contributed by atoms with Crippen LogP contribution in [0.4, 0.5) is 8.78 Å². The summed E-state index contributed by atoms with van der Waals surface area (Å²) in [6, 6.07) is 3.52. The third-order valence-electron chi connectivity index (χ3n) is 3.76. The highest BCUT2D eigenvalue weighted by Crippen LogP contribution is 2.26. The van der Waals surface area contributed by atoms with Gasteiger partial charge < -0.3 is 10.4 Å². The lowest BCUT2D eigenvalue weighted by Gasteiger charge is -2.34. The van der Waals surface area contributed by atoms with Crippen molar-refractivity contribution >= 4 is 0 Å². The van der Waals surface area contributed by atoms with Crippen LogP contribution in [0.15, 0.2) is 18.2 Å². The van der Waals surface area contributed by atoms with Gasteiger partial charge in [0, 0.05) is 18.2 Å². The van der Waals surface area contributed by atoms with Crippen molar-refractivity contribution in [1.29, 1.82) is 0 Å². The molecule has 1 saturated heterocycles. The largest absolute Gasteiger partial charge is 0.387 e. The first-order valence-electron chi connectivity index (χ1n) is 7.00. The van der Waals surface area contributed by atoms with E-state index in [9.17, 15) is 13.9 Å². The quantitative estimate of drug-likeness (QED) is 0.879. The lowest BCUT2D eigenvalue weighted by Crippen LogP contribution is -2.45. The van der Waals surface area contributed by atoms with Crippen LogP contribution in [0.25, 0.3) is 0 Å². The van der Waals surface area contributed by atoms with E-state index in [1.807, 2.05) is 0 Å². The number of piperidine rings is 1. The van der Waals surface area contributed by atoms with Gasteiger partial charge in [0.1, 0.15) is 11.6 Å². The minimum Gasteiger partial charge on any atom is -0.387 e. The first-order valence-corrected chi connectivity index (χ1v) is 7.00. The molecule has 0 saturated carbocycles. The summed E-state index contributed by atoms with van der Waals surface area (Å²) in [6.07, 6.45) is 4.28. The van der Waals surface area contributed by atoms with Crippen molar-refractivity contribution in [2.24, 2.45) is 0 Å². The van der Waals surface area contributed by atoms with E-state index >= 15 is 0 Å². The first-order chi connectivity index (χ1) is 9.10. The second kappa shape index (κ2) is 6.44. The zero-order valence-electron chi connectivity index (χ0n) is 11.2. The highest BCUT2D eigenvalue weighted by Gasteiger charge is 2.27. The number of nitrogens with one attached hydrogen (secondary N) is 1. The van der Waals surface area contributed by atoms with Crippen molar-refractivity contribution in [1.82, 2.24) is 5.32 Å². The Hall–Kier alpha value is -1.00. The molecule has 1 heterocycles. The third kappa shape index (κ3) is 3.74. The van der Waals surface area contributed by atoms with E-state index in [4.69, 9.17) is 0 Å².